The molecule has 1 aromatic rings. The molecule has 1 fully saturated rings. The maximum atomic E-state index is 12.8. The van der Waals surface area contributed by atoms with Gasteiger partial charge < -0.3 is 10.2 Å². The molecule has 1 aliphatic rings. The van der Waals surface area contributed by atoms with Gasteiger partial charge in [0, 0.05) is 43.5 Å². The molecule has 1 aromatic heterocycles. The Morgan fingerprint density at radius 1 is 1.29 bits per heavy atom. The van der Waals surface area contributed by atoms with Gasteiger partial charge in [-0.2, -0.15) is 5.10 Å². The number of nitrogens with one attached hydrogen (secondary N) is 1. The molecule has 1 saturated heterocycles. The van der Waals surface area contributed by atoms with E-state index >= 15 is 0 Å². The molecule has 1 unspecified atom stereocenters. The lowest BCUT2D eigenvalue weighted by Gasteiger charge is -2.35. The van der Waals surface area contributed by atoms with Crippen LogP contribution in [0.5, 0.6) is 0 Å². The molecule has 5 nitrogen and oxygen atoms in total. The SMILES string of the molecule is CCCC(NC(C)C)C(=O)N1CCC(c2ccnn2CCC)CC1. The van der Waals surface area contributed by atoms with Crippen LogP contribution in [0.3, 0.4) is 0 Å². The number of hydrogen-bond acceptors (Lipinski definition) is 3. The largest absolute Gasteiger partial charge is 0.341 e. The monoisotopic (exact) mass is 334 g/mol. The number of nitrogens with zero attached hydrogens (tertiary/aromatic N) is 3. The van der Waals surface area contributed by atoms with Crippen LogP contribution in [0.15, 0.2) is 12.3 Å². The number of amides is 1. The first-order chi connectivity index (χ1) is 11.6. The second kappa shape index (κ2) is 9.21. The third-order valence-electron chi connectivity index (χ3n) is 4.82. The average molecular weight is 335 g/mol. The first kappa shape index (κ1) is 19.0. The molecule has 0 aliphatic carbocycles. The first-order valence-corrected chi connectivity index (χ1v) is 9.63. The van der Waals surface area contributed by atoms with Gasteiger partial charge in [0.15, 0.2) is 0 Å². The topological polar surface area (TPSA) is 50.2 Å². The van der Waals surface area contributed by atoms with Crippen LogP contribution >= 0.6 is 0 Å². The fraction of sp³-hybridized carbons (Fsp3) is 0.789. The van der Waals surface area contributed by atoms with Crippen molar-refractivity contribution in [3.05, 3.63) is 18.0 Å². The number of piperidine rings is 1. The van der Waals surface area contributed by atoms with Crippen LogP contribution in [-0.4, -0.2) is 45.8 Å². The van der Waals surface area contributed by atoms with E-state index in [2.05, 4.69) is 53.8 Å². The first-order valence-electron chi connectivity index (χ1n) is 9.63. The number of aryl methyl sites for hydroxylation is 1. The van der Waals surface area contributed by atoms with Crippen LogP contribution in [0.2, 0.25) is 0 Å². The summed E-state index contributed by atoms with van der Waals surface area (Å²) in [6.45, 7) is 11.2. The third kappa shape index (κ3) is 4.82. The standard InChI is InChI=1S/C19H34N4O/c1-5-7-17(21-15(3)4)19(24)22-13-9-16(10-14-22)18-8-11-20-23(18)12-6-2/h8,11,15-17,21H,5-7,9-10,12-14H2,1-4H3. The summed E-state index contributed by atoms with van der Waals surface area (Å²) in [5.74, 6) is 0.817. The van der Waals surface area contributed by atoms with Gasteiger partial charge in [0.25, 0.3) is 0 Å². The molecule has 0 spiro atoms. The molecule has 1 N–H and O–H groups in total. The predicted molar refractivity (Wildman–Crippen MR) is 98.0 cm³/mol. The molecular weight excluding hydrogens is 300 g/mol. The van der Waals surface area contributed by atoms with E-state index in [0.717, 1.165) is 51.7 Å². The van der Waals surface area contributed by atoms with Crippen LogP contribution < -0.4 is 5.32 Å². The van der Waals surface area contributed by atoms with E-state index in [1.54, 1.807) is 0 Å². The quantitative estimate of drug-likeness (QED) is 0.794. The minimum absolute atomic E-state index is 0.0304. The predicted octanol–water partition coefficient (Wildman–Crippen LogP) is 3.17. The second-order valence-electron chi connectivity index (χ2n) is 7.24. The summed E-state index contributed by atoms with van der Waals surface area (Å²) in [7, 11) is 0. The Morgan fingerprint density at radius 3 is 2.58 bits per heavy atom. The zero-order valence-electron chi connectivity index (χ0n) is 15.8. The van der Waals surface area contributed by atoms with Crippen LogP contribution in [0.25, 0.3) is 0 Å². The zero-order chi connectivity index (χ0) is 17.5. The normalized spacial score (nSPS) is 17.5. The number of likely N-dealkylation sites (tertiary alicyclic amines) is 1. The highest BCUT2D eigenvalue weighted by molar-refractivity contribution is 5.82. The van der Waals surface area contributed by atoms with Gasteiger partial charge >= 0.3 is 0 Å². The summed E-state index contributed by atoms with van der Waals surface area (Å²) in [4.78, 5) is 14.9. The van der Waals surface area contributed by atoms with Gasteiger partial charge in [-0.3, -0.25) is 9.48 Å². The molecule has 2 heterocycles. The van der Waals surface area contributed by atoms with Crippen molar-refractivity contribution in [2.75, 3.05) is 13.1 Å². The smallest absolute Gasteiger partial charge is 0.239 e. The fourth-order valence-corrected chi connectivity index (χ4v) is 3.67. The van der Waals surface area contributed by atoms with E-state index in [0.29, 0.717) is 12.0 Å². The van der Waals surface area contributed by atoms with Gasteiger partial charge in [0.05, 0.1) is 6.04 Å². The number of hydrogen-bond donors (Lipinski definition) is 1. The van der Waals surface area contributed by atoms with Crippen molar-refractivity contribution in [2.45, 2.75) is 84.3 Å². The van der Waals surface area contributed by atoms with Gasteiger partial charge in [-0.1, -0.05) is 34.1 Å². The highest BCUT2D eigenvalue weighted by atomic mass is 16.2. The Morgan fingerprint density at radius 2 is 2.00 bits per heavy atom. The maximum absolute atomic E-state index is 12.8. The van der Waals surface area contributed by atoms with Crippen molar-refractivity contribution >= 4 is 5.91 Å². The van der Waals surface area contributed by atoms with Crippen LogP contribution in [-0.2, 0) is 11.3 Å². The maximum Gasteiger partial charge on any atom is 0.239 e. The lowest BCUT2D eigenvalue weighted by Crippen LogP contribution is -2.50. The van der Waals surface area contributed by atoms with Crippen LogP contribution in [0.1, 0.15) is 71.4 Å². The minimum Gasteiger partial charge on any atom is -0.341 e. The summed E-state index contributed by atoms with van der Waals surface area (Å²) >= 11 is 0. The molecule has 0 bridgehead atoms. The molecule has 24 heavy (non-hydrogen) atoms. The van der Waals surface area contributed by atoms with Gasteiger partial charge in [-0.05, 0) is 31.7 Å². The van der Waals surface area contributed by atoms with E-state index in [9.17, 15) is 4.79 Å². The highest BCUT2D eigenvalue weighted by Crippen LogP contribution is 2.28. The molecule has 0 saturated carbocycles. The Bertz CT molecular complexity index is 503. The number of carbonyl (C=O) groups is 1. The second-order valence-corrected chi connectivity index (χ2v) is 7.24. The molecule has 1 aliphatic heterocycles. The third-order valence-corrected chi connectivity index (χ3v) is 4.82. The number of aromatic nitrogens is 2. The van der Waals surface area contributed by atoms with Crippen molar-refractivity contribution < 1.29 is 4.79 Å². The molecule has 5 heteroatoms. The van der Waals surface area contributed by atoms with Crippen molar-refractivity contribution in [2.24, 2.45) is 0 Å². The zero-order valence-corrected chi connectivity index (χ0v) is 15.8. The lowest BCUT2D eigenvalue weighted by molar-refractivity contribution is -0.135. The molecule has 1 amide bonds. The van der Waals surface area contributed by atoms with Crippen LogP contribution in [0, 0.1) is 0 Å². The summed E-state index contributed by atoms with van der Waals surface area (Å²) in [6.07, 6.45) is 7.05. The molecule has 0 radical (unpaired) electrons. The molecular formula is C19H34N4O. The summed E-state index contributed by atoms with van der Waals surface area (Å²) < 4.78 is 2.14. The van der Waals surface area contributed by atoms with Crippen molar-refractivity contribution in [1.82, 2.24) is 20.0 Å². The molecule has 0 aromatic carbocycles. The van der Waals surface area contributed by atoms with Crippen molar-refractivity contribution in [1.29, 1.82) is 0 Å². The molecule has 1 atom stereocenters. The summed E-state index contributed by atoms with van der Waals surface area (Å²) in [6, 6.07) is 2.46. The minimum atomic E-state index is -0.0304. The van der Waals surface area contributed by atoms with Gasteiger partial charge in [-0.15, -0.1) is 0 Å². The van der Waals surface area contributed by atoms with E-state index in [4.69, 9.17) is 0 Å². The number of rotatable bonds is 8. The van der Waals surface area contributed by atoms with E-state index in [1.807, 2.05) is 6.20 Å². The average Bonchev–Trinajstić information content (AvgIpc) is 3.02. The molecule has 136 valence electrons. The summed E-state index contributed by atoms with van der Waals surface area (Å²) in [5, 5.41) is 7.88. The number of carbonyl (C=O) groups excluding carboxylic acids is 1. The van der Waals surface area contributed by atoms with E-state index in [1.165, 1.54) is 5.69 Å². The lowest BCUT2D eigenvalue weighted by atomic mass is 9.92. The Kier molecular flexibility index (Phi) is 7.28. The summed E-state index contributed by atoms with van der Waals surface area (Å²) in [5.41, 5.74) is 1.34. The molecule has 2 rings (SSSR count). The fourth-order valence-electron chi connectivity index (χ4n) is 3.67. The van der Waals surface area contributed by atoms with Gasteiger partial charge in [0.1, 0.15) is 0 Å². The van der Waals surface area contributed by atoms with Crippen molar-refractivity contribution in [3.63, 3.8) is 0 Å². The van der Waals surface area contributed by atoms with E-state index < -0.39 is 0 Å². The Hall–Kier alpha value is -1.36. The Balaban J connectivity index is 1.93. The highest BCUT2D eigenvalue weighted by Gasteiger charge is 2.29. The van der Waals surface area contributed by atoms with Crippen molar-refractivity contribution in [3.8, 4) is 0 Å². The van der Waals surface area contributed by atoms with Crippen LogP contribution in [0.4, 0.5) is 0 Å². The van der Waals surface area contributed by atoms with E-state index in [-0.39, 0.29) is 11.9 Å². The Labute approximate surface area is 146 Å². The van der Waals surface area contributed by atoms with Gasteiger partial charge in [0.2, 0.25) is 5.91 Å². The van der Waals surface area contributed by atoms with Gasteiger partial charge in [-0.25, -0.2) is 0 Å².